The number of hydrogen-bond donors (Lipinski definition) is 2. The van der Waals surface area contributed by atoms with Crippen molar-refractivity contribution in [3.05, 3.63) is 42.7 Å². The number of nitrogens with one attached hydrogen (secondary N) is 1. The lowest BCUT2D eigenvalue weighted by Crippen LogP contribution is -2.09. The molecule has 0 saturated carbocycles. The van der Waals surface area contributed by atoms with Gasteiger partial charge in [-0.05, 0) is 12.5 Å². The maximum absolute atomic E-state index is 10.9. The number of carbonyl (C=O) groups is 1. The first-order valence-corrected chi connectivity index (χ1v) is 5.64. The number of aryl methyl sites for hydroxylation is 1. The first-order chi connectivity index (χ1) is 8.77. The van der Waals surface area contributed by atoms with Crippen molar-refractivity contribution in [2.24, 2.45) is 0 Å². The summed E-state index contributed by atoms with van der Waals surface area (Å²) in [6.07, 6.45) is 9.20. The molecular formula is C12H14N4O2. The normalized spacial score (nSPS) is 10.2. The van der Waals surface area contributed by atoms with E-state index in [4.69, 9.17) is 5.11 Å². The van der Waals surface area contributed by atoms with Gasteiger partial charge in [0.25, 0.3) is 0 Å². The number of nitrogens with zero attached hydrogens (tertiary/aromatic N) is 3. The van der Waals surface area contributed by atoms with Gasteiger partial charge in [0.15, 0.2) is 0 Å². The molecule has 0 radical (unpaired) electrons. The maximum Gasteiger partial charge on any atom is 0.339 e. The van der Waals surface area contributed by atoms with Crippen LogP contribution < -0.4 is 5.32 Å². The fourth-order valence-electron chi connectivity index (χ4n) is 1.62. The van der Waals surface area contributed by atoms with E-state index in [0.717, 1.165) is 13.0 Å². The third-order valence-corrected chi connectivity index (χ3v) is 2.52. The van der Waals surface area contributed by atoms with Crippen LogP contribution in [-0.2, 0) is 6.54 Å². The first-order valence-electron chi connectivity index (χ1n) is 5.64. The molecule has 2 rings (SSSR count). The monoisotopic (exact) mass is 246 g/mol. The zero-order chi connectivity index (χ0) is 12.8. The number of carboxylic acids is 1. The smallest absolute Gasteiger partial charge is 0.339 e. The Hall–Kier alpha value is -2.37. The first kappa shape index (κ1) is 12.1. The van der Waals surface area contributed by atoms with E-state index in [9.17, 15) is 4.79 Å². The minimum Gasteiger partial charge on any atom is -0.478 e. The molecule has 2 aromatic heterocycles. The molecule has 2 N–H and O–H groups in total. The van der Waals surface area contributed by atoms with Gasteiger partial charge in [0.2, 0.25) is 0 Å². The van der Waals surface area contributed by atoms with Crippen LogP contribution in [0.1, 0.15) is 16.8 Å². The largest absolute Gasteiger partial charge is 0.478 e. The predicted octanol–water partition coefficient (Wildman–Crippen LogP) is 1.48. The van der Waals surface area contributed by atoms with Gasteiger partial charge in [-0.1, -0.05) is 0 Å². The van der Waals surface area contributed by atoms with Gasteiger partial charge < -0.3 is 15.0 Å². The standard InChI is InChI=1S/C12H14N4O2/c17-12(18)10-8-13-4-2-11(10)15-3-1-6-16-7-5-14-9-16/h2,4-5,7-9H,1,3,6H2,(H,13,15)(H,17,18). The predicted molar refractivity (Wildman–Crippen MR) is 66.5 cm³/mol. The number of anilines is 1. The summed E-state index contributed by atoms with van der Waals surface area (Å²) < 4.78 is 1.98. The Kier molecular flexibility index (Phi) is 3.90. The Morgan fingerprint density at radius 3 is 3.00 bits per heavy atom. The highest BCUT2D eigenvalue weighted by atomic mass is 16.4. The maximum atomic E-state index is 10.9. The molecule has 0 saturated heterocycles. The van der Waals surface area contributed by atoms with Gasteiger partial charge in [-0.15, -0.1) is 0 Å². The topological polar surface area (TPSA) is 80.0 Å². The van der Waals surface area contributed by atoms with Crippen LogP contribution in [0.15, 0.2) is 37.2 Å². The van der Waals surface area contributed by atoms with Crippen LogP contribution in [0.25, 0.3) is 0 Å². The number of carboxylic acid groups (broad SMARTS) is 1. The average Bonchev–Trinajstić information content (AvgIpc) is 2.88. The Balaban J connectivity index is 1.85. The molecule has 0 unspecified atom stereocenters. The molecule has 2 heterocycles. The van der Waals surface area contributed by atoms with Gasteiger partial charge in [0.05, 0.1) is 12.0 Å². The van der Waals surface area contributed by atoms with Gasteiger partial charge in [-0.2, -0.15) is 0 Å². The molecule has 0 aliphatic heterocycles. The Morgan fingerprint density at radius 2 is 2.28 bits per heavy atom. The Bertz CT molecular complexity index is 511. The van der Waals surface area contributed by atoms with Crippen molar-refractivity contribution >= 4 is 11.7 Å². The third-order valence-electron chi connectivity index (χ3n) is 2.52. The Labute approximate surface area is 104 Å². The molecule has 94 valence electrons. The second kappa shape index (κ2) is 5.81. The van der Waals surface area contributed by atoms with Crippen LogP contribution in [0.3, 0.4) is 0 Å². The van der Waals surface area contributed by atoms with E-state index in [1.165, 1.54) is 6.20 Å². The number of aromatic carboxylic acids is 1. The highest BCUT2D eigenvalue weighted by molar-refractivity contribution is 5.93. The number of pyridine rings is 1. The van der Waals surface area contributed by atoms with E-state index in [1.54, 1.807) is 24.8 Å². The van der Waals surface area contributed by atoms with Crippen LogP contribution in [0, 0.1) is 0 Å². The molecule has 0 aliphatic carbocycles. The molecular weight excluding hydrogens is 232 g/mol. The SMILES string of the molecule is O=C(O)c1cnccc1NCCCn1ccnc1. The van der Waals surface area contributed by atoms with Gasteiger partial charge >= 0.3 is 5.97 Å². The van der Waals surface area contributed by atoms with Crippen molar-refractivity contribution in [1.82, 2.24) is 14.5 Å². The molecule has 2 aromatic rings. The summed E-state index contributed by atoms with van der Waals surface area (Å²) in [7, 11) is 0. The lowest BCUT2D eigenvalue weighted by Gasteiger charge is -2.08. The molecule has 0 amide bonds. The van der Waals surface area contributed by atoms with Crippen molar-refractivity contribution in [1.29, 1.82) is 0 Å². The summed E-state index contributed by atoms with van der Waals surface area (Å²) in [5.74, 6) is -0.972. The molecule has 18 heavy (non-hydrogen) atoms. The zero-order valence-corrected chi connectivity index (χ0v) is 9.78. The van der Waals surface area contributed by atoms with Crippen molar-refractivity contribution in [3.63, 3.8) is 0 Å². The minimum absolute atomic E-state index is 0.195. The fraction of sp³-hybridized carbons (Fsp3) is 0.250. The van der Waals surface area contributed by atoms with Crippen LogP contribution in [0.2, 0.25) is 0 Å². The van der Waals surface area contributed by atoms with Crippen LogP contribution in [0.4, 0.5) is 5.69 Å². The second-order valence-corrected chi connectivity index (χ2v) is 3.81. The quantitative estimate of drug-likeness (QED) is 0.754. The van der Waals surface area contributed by atoms with E-state index >= 15 is 0 Å². The van der Waals surface area contributed by atoms with Crippen molar-refractivity contribution in [2.75, 3.05) is 11.9 Å². The minimum atomic E-state index is -0.972. The average molecular weight is 246 g/mol. The van der Waals surface area contributed by atoms with E-state index < -0.39 is 5.97 Å². The van der Waals surface area contributed by atoms with Crippen LogP contribution in [-0.4, -0.2) is 32.2 Å². The third kappa shape index (κ3) is 3.07. The molecule has 6 nitrogen and oxygen atoms in total. The van der Waals surface area contributed by atoms with Gasteiger partial charge in [0, 0.05) is 37.9 Å². The lowest BCUT2D eigenvalue weighted by molar-refractivity contribution is 0.0697. The van der Waals surface area contributed by atoms with Gasteiger partial charge in [-0.25, -0.2) is 9.78 Å². The summed E-state index contributed by atoms with van der Waals surface area (Å²) in [6, 6.07) is 1.67. The van der Waals surface area contributed by atoms with Crippen molar-refractivity contribution < 1.29 is 9.90 Å². The molecule has 0 fully saturated rings. The molecule has 0 bridgehead atoms. The molecule has 0 aromatic carbocycles. The fourth-order valence-corrected chi connectivity index (χ4v) is 1.62. The zero-order valence-electron chi connectivity index (χ0n) is 9.78. The van der Waals surface area contributed by atoms with E-state index in [2.05, 4.69) is 15.3 Å². The van der Waals surface area contributed by atoms with Crippen molar-refractivity contribution in [2.45, 2.75) is 13.0 Å². The molecule has 0 spiro atoms. The highest BCUT2D eigenvalue weighted by Crippen LogP contribution is 2.13. The van der Waals surface area contributed by atoms with Crippen LogP contribution in [0.5, 0.6) is 0 Å². The van der Waals surface area contributed by atoms with E-state index in [1.807, 2.05) is 10.8 Å². The molecule has 0 atom stereocenters. The number of rotatable bonds is 6. The summed E-state index contributed by atoms with van der Waals surface area (Å²) in [5, 5.41) is 12.1. The summed E-state index contributed by atoms with van der Waals surface area (Å²) in [6.45, 7) is 1.54. The van der Waals surface area contributed by atoms with E-state index in [0.29, 0.717) is 12.2 Å². The summed E-state index contributed by atoms with van der Waals surface area (Å²) >= 11 is 0. The summed E-state index contributed by atoms with van der Waals surface area (Å²) in [4.78, 5) is 18.7. The second-order valence-electron chi connectivity index (χ2n) is 3.81. The molecule has 0 aliphatic rings. The lowest BCUT2D eigenvalue weighted by atomic mass is 10.2. The highest BCUT2D eigenvalue weighted by Gasteiger charge is 2.08. The number of hydrogen-bond acceptors (Lipinski definition) is 4. The van der Waals surface area contributed by atoms with Gasteiger partial charge in [0.1, 0.15) is 5.56 Å². The van der Waals surface area contributed by atoms with E-state index in [-0.39, 0.29) is 5.56 Å². The molecule has 6 heteroatoms. The van der Waals surface area contributed by atoms with Crippen molar-refractivity contribution in [3.8, 4) is 0 Å². The summed E-state index contributed by atoms with van der Waals surface area (Å²) in [5.41, 5.74) is 0.795. The number of imidazole rings is 1. The number of aromatic nitrogens is 3. The Morgan fingerprint density at radius 1 is 1.39 bits per heavy atom. The van der Waals surface area contributed by atoms with Gasteiger partial charge in [-0.3, -0.25) is 4.98 Å². The van der Waals surface area contributed by atoms with Crippen LogP contribution >= 0.6 is 0 Å².